The monoisotopic (exact) mass is 285 g/mol. The highest BCUT2D eigenvalue weighted by Crippen LogP contribution is 2.20. The molecule has 0 saturated carbocycles. The molecule has 1 amide bonds. The van der Waals surface area contributed by atoms with Gasteiger partial charge in [0.1, 0.15) is 12.3 Å². The van der Waals surface area contributed by atoms with Crippen molar-refractivity contribution in [2.45, 2.75) is 6.92 Å². The van der Waals surface area contributed by atoms with Gasteiger partial charge in [0.25, 0.3) is 5.91 Å². The lowest BCUT2D eigenvalue weighted by molar-refractivity contribution is -0.146. The Balaban J connectivity index is 2.49. The zero-order valence-corrected chi connectivity index (χ0v) is 11.9. The van der Waals surface area contributed by atoms with Gasteiger partial charge in [0, 0.05) is 12.1 Å². The van der Waals surface area contributed by atoms with Crippen molar-refractivity contribution >= 4 is 23.5 Å². The molecule has 6 heteroatoms. The molecule has 0 atom stereocenters. The van der Waals surface area contributed by atoms with E-state index in [1.165, 1.54) is 19.1 Å². The van der Waals surface area contributed by atoms with Crippen LogP contribution in [0, 0.1) is 6.92 Å². The molecule has 5 nitrogen and oxygen atoms in total. The molecular formula is C13H16ClNO4. The summed E-state index contributed by atoms with van der Waals surface area (Å²) in [4.78, 5) is 23.9. The van der Waals surface area contributed by atoms with Crippen molar-refractivity contribution in [1.29, 1.82) is 0 Å². The van der Waals surface area contributed by atoms with Gasteiger partial charge in [-0.1, -0.05) is 11.6 Å². The highest BCUT2D eigenvalue weighted by Gasteiger charge is 2.13. The van der Waals surface area contributed by atoms with Crippen molar-refractivity contribution in [3.8, 4) is 5.75 Å². The molecule has 0 aliphatic heterocycles. The molecule has 0 bridgehead atoms. The number of likely N-dealkylation sites (N-methyl/N-ethyl adjacent to an activating group) is 1. The van der Waals surface area contributed by atoms with Crippen molar-refractivity contribution in [1.82, 2.24) is 4.90 Å². The van der Waals surface area contributed by atoms with Gasteiger partial charge in [0.2, 0.25) is 0 Å². The van der Waals surface area contributed by atoms with E-state index >= 15 is 0 Å². The van der Waals surface area contributed by atoms with E-state index in [9.17, 15) is 9.59 Å². The zero-order chi connectivity index (χ0) is 14.4. The van der Waals surface area contributed by atoms with Gasteiger partial charge in [-0.25, -0.2) is 0 Å². The summed E-state index contributed by atoms with van der Waals surface area (Å²) >= 11 is 5.88. The molecule has 0 radical (unpaired) electrons. The summed E-state index contributed by atoms with van der Waals surface area (Å²) in [5, 5.41) is 0.640. The number of carbonyl (C=O) groups is 2. The summed E-state index contributed by atoms with van der Waals surface area (Å²) in [7, 11) is 2.78. The van der Waals surface area contributed by atoms with E-state index < -0.39 is 5.97 Å². The van der Waals surface area contributed by atoms with Crippen molar-refractivity contribution in [3.63, 3.8) is 0 Å². The van der Waals surface area contributed by atoms with Crippen LogP contribution >= 0.6 is 11.6 Å². The fraction of sp³-hybridized carbons (Fsp3) is 0.385. The molecular weight excluding hydrogens is 270 g/mol. The number of esters is 1. The molecule has 1 aromatic carbocycles. The Morgan fingerprint density at radius 3 is 2.63 bits per heavy atom. The lowest BCUT2D eigenvalue weighted by Gasteiger charge is -2.16. The molecule has 0 aromatic heterocycles. The number of ether oxygens (including phenoxy) is 2. The van der Waals surface area contributed by atoms with Crippen LogP contribution in [-0.2, 0) is 14.3 Å². The molecule has 0 saturated heterocycles. The van der Waals surface area contributed by atoms with Gasteiger partial charge >= 0.3 is 5.97 Å². The number of hydrogen-bond donors (Lipinski definition) is 0. The van der Waals surface area contributed by atoms with E-state index in [0.29, 0.717) is 10.8 Å². The second-order valence-electron chi connectivity index (χ2n) is 4.03. The fourth-order valence-corrected chi connectivity index (χ4v) is 1.43. The number of halogens is 1. The number of methoxy groups -OCH3 is 1. The van der Waals surface area contributed by atoms with Crippen LogP contribution in [0.2, 0.25) is 5.02 Å². The normalized spacial score (nSPS) is 9.89. The molecule has 0 aliphatic rings. The van der Waals surface area contributed by atoms with E-state index in [0.717, 1.165) is 5.56 Å². The Morgan fingerprint density at radius 2 is 2.05 bits per heavy atom. The van der Waals surface area contributed by atoms with Gasteiger partial charge in [0.05, 0.1) is 7.11 Å². The van der Waals surface area contributed by atoms with Gasteiger partial charge in [-0.15, -0.1) is 0 Å². The van der Waals surface area contributed by atoms with E-state index in [-0.39, 0.29) is 19.1 Å². The third-order valence-electron chi connectivity index (χ3n) is 2.51. The Morgan fingerprint density at radius 1 is 1.37 bits per heavy atom. The van der Waals surface area contributed by atoms with Crippen LogP contribution in [0.15, 0.2) is 18.2 Å². The van der Waals surface area contributed by atoms with Crippen molar-refractivity contribution in [2.24, 2.45) is 0 Å². The minimum absolute atomic E-state index is 0.0989. The molecule has 19 heavy (non-hydrogen) atoms. The van der Waals surface area contributed by atoms with Gasteiger partial charge in [0.15, 0.2) is 6.61 Å². The lowest BCUT2D eigenvalue weighted by atomic mass is 10.2. The highest BCUT2D eigenvalue weighted by atomic mass is 35.5. The summed E-state index contributed by atoms with van der Waals surface area (Å²) in [5.41, 5.74) is 0.870. The van der Waals surface area contributed by atoms with Crippen molar-refractivity contribution in [3.05, 3.63) is 28.8 Å². The van der Waals surface area contributed by atoms with Crippen LogP contribution < -0.4 is 4.74 Å². The van der Waals surface area contributed by atoms with Crippen LogP contribution in [0.5, 0.6) is 5.75 Å². The predicted molar refractivity (Wildman–Crippen MR) is 71.3 cm³/mol. The van der Waals surface area contributed by atoms with E-state index in [2.05, 4.69) is 4.74 Å². The van der Waals surface area contributed by atoms with Crippen LogP contribution in [0.25, 0.3) is 0 Å². The smallest absolute Gasteiger partial charge is 0.325 e. The summed E-state index contributed by atoms with van der Waals surface area (Å²) < 4.78 is 9.81. The maximum atomic E-state index is 11.7. The Kier molecular flexibility index (Phi) is 5.63. The van der Waals surface area contributed by atoms with Crippen LogP contribution in [0.4, 0.5) is 0 Å². The molecule has 0 unspecified atom stereocenters. The largest absolute Gasteiger partial charge is 0.484 e. The lowest BCUT2D eigenvalue weighted by Crippen LogP contribution is -2.35. The summed E-state index contributed by atoms with van der Waals surface area (Å²) in [6, 6.07) is 5.13. The number of nitrogens with zero attached hydrogens (tertiary/aromatic N) is 1. The highest BCUT2D eigenvalue weighted by molar-refractivity contribution is 6.31. The van der Waals surface area contributed by atoms with Gasteiger partial charge in [-0.2, -0.15) is 0 Å². The topological polar surface area (TPSA) is 55.8 Å². The van der Waals surface area contributed by atoms with Crippen molar-refractivity contribution in [2.75, 3.05) is 27.3 Å². The number of benzene rings is 1. The van der Waals surface area contributed by atoms with Gasteiger partial charge in [-0.3, -0.25) is 9.59 Å². The first kappa shape index (κ1) is 15.3. The predicted octanol–water partition coefficient (Wildman–Crippen LogP) is 1.66. The number of carbonyl (C=O) groups excluding carboxylic acids is 2. The van der Waals surface area contributed by atoms with E-state index in [4.69, 9.17) is 16.3 Å². The molecule has 0 heterocycles. The summed E-state index contributed by atoms with van der Waals surface area (Å²) in [5.74, 6) is -0.224. The second kappa shape index (κ2) is 6.99. The SMILES string of the molecule is COC(=O)CN(C)C(=O)COc1ccc(Cl)c(C)c1. The first-order valence-corrected chi connectivity index (χ1v) is 6.01. The fourth-order valence-electron chi connectivity index (χ4n) is 1.31. The number of amides is 1. The summed E-state index contributed by atoms with van der Waals surface area (Å²) in [6.07, 6.45) is 0. The first-order valence-electron chi connectivity index (χ1n) is 5.63. The third-order valence-corrected chi connectivity index (χ3v) is 2.94. The minimum Gasteiger partial charge on any atom is -0.484 e. The standard InChI is InChI=1S/C13H16ClNO4/c1-9-6-10(4-5-11(9)14)19-8-12(16)15(2)7-13(17)18-3/h4-6H,7-8H2,1-3H3. The Hall–Kier alpha value is -1.75. The van der Waals surface area contributed by atoms with Gasteiger partial charge < -0.3 is 14.4 Å². The molecule has 0 fully saturated rings. The molecule has 0 aliphatic carbocycles. The van der Waals surface area contributed by atoms with Crippen LogP contribution in [0.3, 0.4) is 0 Å². The molecule has 1 rings (SSSR count). The number of aryl methyl sites for hydroxylation is 1. The van der Waals surface area contributed by atoms with Crippen LogP contribution in [-0.4, -0.2) is 44.1 Å². The average molecular weight is 286 g/mol. The van der Waals surface area contributed by atoms with E-state index in [1.807, 2.05) is 6.92 Å². The third kappa shape index (κ3) is 4.79. The number of hydrogen-bond acceptors (Lipinski definition) is 4. The van der Waals surface area contributed by atoms with Gasteiger partial charge in [-0.05, 0) is 30.7 Å². The van der Waals surface area contributed by atoms with Crippen molar-refractivity contribution < 1.29 is 19.1 Å². The zero-order valence-electron chi connectivity index (χ0n) is 11.1. The van der Waals surface area contributed by atoms with Crippen LogP contribution in [0.1, 0.15) is 5.56 Å². The molecule has 0 N–H and O–H groups in total. The first-order chi connectivity index (χ1) is 8.93. The minimum atomic E-state index is -0.474. The quantitative estimate of drug-likeness (QED) is 0.772. The Labute approximate surface area is 117 Å². The molecule has 104 valence electrons. The molecule has 1 aromatic rings. The maximum absolute atomic E-state index is 11.7. The Bertz CT molecular complexity index is 476. The second-order valence-corrected chi connectivity index (χ2v) is 4.43. The van der Waals surface area contributed by atoms with E-state index in [1.54, 1.807) is 18.2 Å². The maximum Gasteiger partial charge on any atom is 0.325 e. The molecule has 0 spiro atoms. The number of rotatable bonds is 5. The average Bonchev–Trinajstić information content (AvgIpc) is 2.39. The summed E-state index contributed by atoms with van der Waals surface area (Å²) in [6.45, 7) is 1.60.